The van der Waals surface area contributed by atoms with Crippen molar-refractivity contribution in [3.8, 4) is 11.4 Å². The number of pyridine rings is 2. The lowest BCUT2D eigenvalue weighted by Gasteiger charge is -2.37. The summed E-state index contributed by atoms with van der Waals surface area (Å²) in [5.41, 5.74) is 6.73. The molecule has 0 saturated carbocycles. The molecule has 1 aromatic carbocycles. The van der Waals surface area contributed by atoms with Gasteiger partial charge in [-0.25, -0.2) is 9.59 Å². The van der Waals surface area contributed by atoms with Gasteiger partial charge < -0.3 is 14.1 Å². The Morgan fingerprint density at radius 3 is 2.63 bits per heavy atom. The summed E-state index contributed by atoms with van der Waals surface area (Å²) < 4.78 is 11.2. The van der Waals surface area contributed by atoms with Gasteiger partial charge >= 0.3 is 11.6 Å². The second-order valence-corrected chi connectivity index (χ2v) is 9.27. The summed E-state index contributed by atoms with van der Waals surface area (Å²) in [5.74, 6) is -0.694. The number of anilines is 1. The molecule has 2 aliphatic heterocycles. The third-order valence-corrected chi connectivity index (χ3v) is 6.81. The molecule has 6 rings (SSSR count). The molecule has 0 saturated heterocycles. The van der Waals surface area contributed by atoms with E-state index in [4.69, 9.17) is 9.15 Å². The molecule has 0 unspecified atom stereocenters. The number of benzene rings is 1. The van der Waals surface area contributed by atoms with E-state index in [1.54, 1.807) is 24.5 Å². The van der Waals surface area contributed by atoms with E-state index >= 15 is 0 Å². The summed E-state index contributed by atoms with van der Waals surface area (Å²) in [6.45, 7) is 4.09. The van der Waals surface area contributed by atoms with E-state index in [9.17, 15) is 9.59 Å². The molecule has 0 atom stereocenters. The van der Waals surface area contributed by atoms with Crippen LogP contribution in [0.1, 0.15) is 45.5 Å². The second-order valence-electron chi connectivity index (χ2n) is 9.27. The molecule has 7 heteroatoms. The minimum atomic E-state index is -0.694. The average molecular weight is 468 g/mol. The number of hydrogen-bond donors (Lipinski definition) is 0. The van der Waals surface area contributed by atoms with Crippen LogP contribution in [0.15, 0.2) is 58.0 Å². The molecule has 5 heterocycles. The summed E-state index contributed by atoms with van der Waals surface area (Å²) in [7, 11) is 0. The van der Waals surface area contributed by atoms with E-state index in [1.807, 2.05) is 25.1 Å². The van der Waals surface area contributed by atoms with Crippen LogP contribution in [0, 0.1) is 6.92 Å². The molecule has 0 fully saturated rings. The van der Waals surface area contributed by atoms with Crippen molar-refractivity contribution >= 4 is 22.6 Å². The van der Waals surface area contributed by atoms with Gasteiger partial charge in [-0.3, -0.25) is 9.97 Å². The number of fused-ring (bicyclic) bond motifs is 2. The molecule has 0 radical (unpaired) electrons. The Bertz CT molecular complexity index is 1520. The molecule has 0 N–H and O–H groups in total. The van der Waals surface area contributed by atoms with Crippen LogP contribution >= 0.6 is 0 Å². The molecular weight excluding hydrogens is 442 g/mol. The first-order valence-corrected chi connectivity index (χ1v) is 12.0. The van der Waals surface area contributed by atoms with E-state index in [1.165, 1.54) is 11.3 Å². The molecule has 176 valence electrons. The van der Waals surface area contributed by atoms with Gasteiger partial charge in [-0.05, 0) is 85.7 Å². The number of rotatable bonds is 4. The number of carbonyl (C=O) groups is 1. The highest BCUT2D eigenvalue weighted by molar-refractivity contribution is 5.95. The minimum absolute atomic E-state index is 0.0159. The van der Waals surface area contributed by atoms with Gasteiger partial charge in [0.05, 0.1) is 11.4 Å². The Kier molecular flexibility index (Phi) is 5.32. The van der Waals surface area contributed by atoms with Crippen LogP contribution in [0.4, 0.5) is 5.69 Å². The van der Waals surface area contributed by atoms with E-state index in [-0.39, 0.29) is 12.2 Å². The topological polar surface area (TPSA) is 85.5 Å². The van der Waals surface area contributed by atoms with Crippen LogP contribution in [-0.4, -0.2) is 29.0 Å². The van der Waals surface area contributed by atoms with Gasteiger partial charge in [-0.15, -0.1) is 0 Å². The van der Waals surface area contributed by atoms with Crippen molar-refractivity contribution in [1.82, 2.24) is 9.97 Å². The number of hydrogen-bond acceptors (Lipinski definition) is 7. The van der Waals surface area contributed by atoms with Crippen molar-refractivity contribution in [1.29, 1.82) is 0 Å². The van der Waals surface area contributed by atoms with Crippen molar-refractivity contribution in [3.63, 3.8) is 0 Å². The minimum Gasteiger partial charge on any atom is -0.457 e. The highest BCUT2D eigenvalue weighted by Gasteiger charge is 2.28. The second kappa shape index (κ2) is 8.65. The van der Waals surface area contributed by atoms with Crippen LogP contribution in [-0.2, 0) is 24.2 Å². The number of esters is 1. The van der Waals surface area contributed by atoms with Crippen molar-refractivity contribution < 1.29 is 13.9 Å². The van der Waals surface area contributed by atoms with Gasteiger partial charge in [0.15, 0.2) is 0 Å². The number of nitrogens with zero attached hydrogens (tertiary/aromatic N) is 3. The monoisotopic (exact) mass is 467 g/mol. The van der Waals surface area contributed by atoms with E-state index in [2.05, 4.69) is 20.9 Å². The maximum absolute atomic E-state index is 12.9. The van der Waals surface area contributed by atoms with E-state index in [0.717, 1.165) is 66.5 Å². The Morgan fingerprint density at radius 1 is 1.03 bits per heavy atom. The maximum Gasteiger partial charge on any atom is 0.351 e. The number of aromatic nitrogens is 2. The van der Waals surface area contributed by atoms with Crippen molar-refractivity contribution in [2.24, 2.45) is 0 Å². The third-order valence-electron chi connectivity index (χ3n) is 6.81. The lowest BCUT2D eigenvalue weighted by Crippen LogP contribution is -2.34. The smallest absolute Gasteiger partial charge is 0.351 e. The van der Waals surface area contributed by atoms with Crippen molar-refractivity contribution in [2.75, 3.05) is 18.0 Å². The molecule has 7 nitrogen and oxygen atoms in total. The first kappa shape index (κ1) is 21.5. The first-order valence-electron chi connectivity index (χ1n) is 12.0. The van der Waals surface area contributed by atoms with Gasteiger partial charge in [0.2, 0.25) is 0 Å². The van der Waals surface area contributed by atoms with Crippen molar-refractivity contribution in [2.45, 2.75) is 39.2 Å². The third kappa shape index (κ3) is 3.97. The Labute approximate surface area is 202 Å². The van der Waals surface area contributed by atoms with Gasteiger partial charge in [0.25, 0.3) is 0 Å². The summed E-state index contributed by atoms with van der Waals surface area (Å²) >= 11 is 0. The lowest BCUT2D eigenvalue weighted by atomic mass is 9.90. The molecule has 0 spiro atoms. The summed E-state index contributed by atoms with van der Waals surface area (Å²) in [6.07, 6.45) is 7.41. The predicted octanol–water partition coefficient (Wildman–Crippen LogP) is 4.61. The summed E-state index contributed by atoms with van der Waals surface area (Å²) in [4.78, 5) is 36.8. The highest BCUT2D eigenvalue weighted by Crippen LogP contribution is 2.39. The van der Waals surface area contributed by atoms with Gasteiger partial charge in [0.1, 0.15) is 17.8 Å². The fraction of sp³-hybridized carbons (Fsp3) is 0.286. The highest BCUT2D eigenvalue weighted by atomic mass is 16.5. The zero-order chi connectivity index (χ0) is 23.9. The van der Waals surface area contributed by atoms with Crippen LogP contribution in [0.5, 0.6) is 0 Å². The molecule has 4 aromatic rings. The molecule has 35 heavy (non-hydrogen) atoms. The lowest BCUT2D eigenvalue weighted by molar-refractivity contribution is 0.0468. The van der Waals surface area contributed by atoms with Gasteiger partial charge in [0, 0.05) is 42.1 Å². The number of aryl methyl sites for hydroxylation is 3. The van der Waals surface area contributed by atoms with E-state index < -0.39 is 11.6 Å². The maximum atomic E-state index is 12.9. The van der Waals surface area contributed by atoms with Crippen LogP contribution in [0.25, 0.3) is 22.4 Å². The van der Waals surface area contributed by atoms with Gasteiger partial charge in [-0.2, -0.15) is 0 Å². The molecule has 0 amide bonds. The normalized spacial score (nSPS) is 14.6. The number of carbonyl (C=O) groups excluding carboxylic acids is 1. The Morgan fingerprint density at radius 2 is 1.80 bits per heavy atom. The number of ether oxygens (including phenoxy) is 1. The Balaban J connectivity index is 1.27. The van der Waals surface area contributed by atoms with Gasteiger partial charge in [-0.1, -0.05) is 0 Å². The Hall–Kier alpha value is -4.00. The van der Waals surface area contributed by atoms with E-state index in [0.29, 0.717) is 11.3 Å². The first-order chi connectivity index (χ1) is 17.1. The summed E-state index contributed by atoms with van der Waals surface area (Å²) in [5, 5.41) is 0.783. The standard InChI is InChI=1S/C28H25N3O4/c1-17-6-8-29-23(12-17)24-13-18(7-9-30-24)16-34-27(32)22-15-20-14-19-4-2-10-31-11-3-5-21(25(19)31)26(20)35-28(22)33/h6-9,12-15H,2-5,10-11,16H2,1H3. The fourth-order valence-corrected chi connectivity index (χ4v) is 5.20. The zero-order valence-corrected chi connectivity index (χ0v) is 19.5. The molecule has 0 aliphatic carbocycles. The zero-order valence-electron chi connectivity index (χ0n) is 19.5. The van der Waals surface area contributed by atoms with Crippen LogP contribution < -0.4 is 10.5 Å². The quantitative estimate of drug-likeness (QED) is 0.320. The van der Waals surface area contributed by atoms with Crippen LogP contribution in [0.2, 0.25) is 0 Å². The molecule has 0 bridgehead atoms. The summed E-state index contributed by atoms with van der Waals surface area (Å²) in [6, 6.07) is 11.2. The molecular formula is C28H25N3O4. The largest absolute Gasteiger partial charge is 0.457 e. The molecule has 3 aromatic heterocycles. The average Bonchev–Trinajstić information content (AvgIpc) is 2.88. The van der Waals surface area contributed by atoms with Crippen molar-refractivity contribution in [3.05, 3.63) is 87.0 Å². The predicted molar refractivity (Wildman–Crippen MR) is 133 cm³/mol. The SMILES string of the molecule is Cc1ccnc(-c2cc(COC(=O)c3cc4cc5c6c(c4oc3=O)CCCN6CCC5)ccn2)c1. The molecule has 2 aliphatic rings. The van der Waals surface area contributed by atoms with Crippen LogP contribution in [0.3, 0.4) is 0 Å². The fourth-order valence-electron chi connectivity index (χ4n) is 5.20.